The average molecular weight is 621 g/mol. The van der Waals surface area contributed by atoms with E-state index >= 15 is 4.39 Å². The van der Waals surface area contributed by atoms with Crippen molar-refractivity contribution < 1.29 is 18.3 Å². The van der Waals surface area contributed by atoms with Gasteiger partial charge >= 0.3 is 6.09 Å². The Morgan fingerprint density at radius 3 is 2.28 bits per heavy atom. The first-order chi connectivity index (χ1) is 17.8. The molecule has 2 aliphatic heterocycles. The highest BCUT2D eigenvalue weighted by Gasteiger charge is 2.53. The van der Waals surface area contributed by atoms with Gasteiger partial charge < -0.3 is 14.1 Å². The van der Waals surface area contributed by atoms with Crippen molar-refractivity contribution in [3.05, 3.63) is 21.4 Å². The zero-order valence-electron chi connectivity index (χ0n) is 23.9. The van der Waals surface area contributed by atoms with E-state index in [1.54, 1.807) is 0 Å². The topological polar surface area (TPSA) is 80.7 Å². The summed E-state index contributed by atoms with van der Waals surface area (Å²) < 4.78 is 27.8. The largest absolute Gasteiger partial charge is 0.444 e. The summed E-state index contributed by atoms with van der Waals surface area (Å²) in [6.07, 6.45) is 0.834. The van der Waals surface area contributed by atoms with Crippen LogP contribution in [0.3, 0.4) is 0 Å². The van der Waals surface area contributed by atoms with E-state index in [9.17, 15) is 4.79 Å². The molecule has 0 aliphatic carbocycles. The van der Waals surface area contributed by atoms with Crippen LogP contribution in [0.5, 0.6) is 0 Å². The maximum absolute atomic E-state index is 15.1. The molecule has 0 N–H and O–H groups in total. The lowest BCUT2D eigenvalue weighted by atomic mass is 9.97. The minimum absolute atomic E-state index is 0.0262. The van der Waals surface area contributed by atoms with Crippen molar-refractivity contribution in [2.75, 3.05) is 11.4 Å². The van der Waals surface area contributed by atoms with Crippen molar-refractivity contribution in [1.82, 2.24) is 19.9 Å². The molecule has 8 nitrogen and oxygen atoms in total. The van der Waals surface area contributed by atoms with Crippen LogP contribution in [-0.2, 0) is 9.16 Å². The Morgan fingerprint density at radius 1 is 1.05 bits per heavy atom. The fourth-order valence-electron chi connectivity index (χ4n) is 5.36. The molecule has 2 saturated heterocycles. The molecule has 0 saturated carbocycles. The number of piperazine rings is 1. The number of anilines is 1. The summed E-state index contributed by atoms with van der Waals surface area (Å²) in [5.74, 6) is -0.478. The Bertz CT molecular complexity index is 1290. The molecule has 39 heavy (non-hydrogen) atoms. The van der Waals surface area contributed by atoms with Gasteiger partial charge in [-0.25, -0.2) is 19.2 Å². The third-order valence-corrected chi connectivity index (χ3v) is 13.3. The van der Waals surface area contributed by atoms with Crippen molar-refractivity contribution in [2.45, 2.75) is 109 Å². The molecule has 4 heterocycles. The molecule has 0 spiro atoms. The van der Waals surface area contributed by atoms with Crippen LogP contribution in [0.4, 0.5) is 15.0 Å². The monoisotopic (exact) mass is 619 g/mol. The molecule has 2 aromatic rings. The van der Waals surface area contributed by atoms with Crippen LogP contribution < -0.4 is 4.90 Å². The first kappa shape index (κ1) is 30.5. The van der Waals surface area contributed by atoms with Gasteiger partial charge in [0.1, 0.15) is 22.1 Å². The zero-order valence-corrected chi connectivity index (χ0v) is 27.2. The van der Waals surface area contributed by atoms with E-state index in [2.05, 4.69) is 48.8 Å². The smallest absolute Gasteiger partial charge is 0.410 e. The van der Waals surface area contributed by atoms with E-state index in [-0.39, 0.29) is 56.7 Å². The van der Waals surface area contributed by atoms with Gasteiger partial charge in [0.05, 0.1) is 29.6 Å². The summed E-state index contributed by atoms with van der Waals surface area (Å²) >= 11 is 18.8. The number of halogens is 4. The van der Waals surface area contributed by atoms with Gasteiger partial charge in [-0.05, 0) is 70.3 Å². The van der Waals surface area contributed by atoms with Gasteiger partial charge in [0.15, 0.2) is 19.3 Å². The van der Waals surface area contributed by atoms with Crippen molar-refractivity contribution in [2.24, 2.45) is 0 Å². The number of hydrogen-bond acceptors (Lipinski definition) is 7. The number of amides is 1. The number of nitrogens with zero attached hydrogens (tertiary/aromatic N) is 5. The molecule has 2 aromatic heterocycles. The second-order valence-corrected chi connectivity index (χ2v) is 18.8. The van der Waals surface area contributed by atoms with E-state index in [1.807, 2.05) is 37.5 Å². The van der Waals surface area contributed by atoms with Crippen LogP contribution in [0.1, 0.15) is 61.3 Å². The van der Waals surface area contributed by atoms with E-state index in [0.29, 0.717) is 12.4 Å². The Kier molecular flexibility index (Phi) is 8.15. The number of fused-ring (bicyclic) bond motifs is 3. The molecular formula is C26H37Cl3FN5O3Si. The standard InChI is InChI=1S/C26H37Cl3FN5O3Si/c1-13(38-39(8,9)26(5,6)7)19-15-11-10-14(35(15)24(36)37-25(2,3)4)12-34(19)22-16-18(31-23(29)33-22)17(30)21(28)32-20(16)27/h13-15,19H,10-12H2,1-9H3/t13-,14?,15-,19+/m0/s1. The number of ether oxygens (including phenoxy) is 1. The molecule has 216 valence electrons. The summed E-state index contributed by atoms with van der Waals surface area (Å²) in [5.41, 5.74) is -0.743. The molecule has 1 amide bonds. The predicted molar refractivity (Wildman–Crippen MR) is 156 cm³/mol. The zero-order chi connectivity index (χ0) is 29.2. The van der Waals surface area contributed by atoms with Crippen LogP contribution >= 0.6 is 34.8 Å². The van der Waals surface area contributed by atoms with Crippen LogP contribution in [0.2, 0.25) is 33.7 Å². The van der Waals surface area contributed by atoms with Gasteiger partial charge in [-0.2, -0.15) is 4.98 Å². The predicted octanol–water partition coefficient (Wildman–Crippen LogP) is 7.49. The summed E-state index contributed by atoms with van der Waals surface area (Å²) in [5, 5.41) is -0.385. The van der Waals surface area contributed by atoms with Gasteiger partial charge in [0.25, 0.3) is 0 Å². The second kappa shape index (κ2) is 10.4. The Balaban J connectivity index is 1.87. The third kappa shape index (κ3) is 5.82. The first-order valence-electron chi connectivity index (χ1n) is 13.2. The van der Waals surface area contributed by atoms with Crippen LogP contribution in [0.25, 0.3) is 10.9 Å². The minimum Gasteiger partial charge on any atom is -0.444 e. The summed E-state index contributed by atoms with van der Waals surface area (Å²) in [6.45, 7) is 18.9. The van der Waals surface area contributed by atoms with Crippen molar-refractivity contribution in [3.63, 3.8) is 0 Å². The van der Waals surface area contributed by atoms with Gasteiger partial charge in [-0.3, -0.25) is 4.90 Å². The number of carbonyl (C=O) groups excluding carboxylic acids is 1. The molecule has 1 unspecified atom stereocenters. The fraction of sp³-hybridized carbons (Fsp3) is 0.692. The normalized spacial score (nSPS) is 22.9. The molecule has 0 radical (unpaired) electrons. The number of carbonyl (C=O) groups is 1. The molecule has 4 atom stereocenters. The minimum atomic E-state index is -2.23. The van der Waals surface area contributed by atoms with E-state index in [4.69, 9.17) is 44.0 Å². The summed E-state index contributed by atoms with van der Waals surface area (Å²) in [4.78, 5) is 29.9. The van der Waals surface area contributed by atoms with Crippen LogP contribution in [0, 0.1) is 5.82 Å². The third-order valence-electron chi connectivity index (χ3n) is 8.01. The molecular weight excluding hydrogens is 584 g/mol. The lowest BCUT2D eigenvalue weighted by Gasteiger charge is -2.51. The fourth-order valence-corrected chi connectivity index (χ4v) is 7.42. The van der Waals surface area contributed by atoms with Gasteiger partial charge in [-0.1, -0.05) is 44.0 Å². The molecule has 2 bridgehead atoms. The maximum atomic E-state index is 15.1. The average Bonchev–Trinajstić information content (AvgIpc) is 3.08. The first-order valence-corrected chi connectivity index (χ1v) is 17.2. The van der Waals surface area contributed by atoms with Crippen molar-refractivity contribution in [3.8, 4) is 0 Å². The number of hydrogen-bond donors (Lipinski definition) is 0. The van der Waals surface area contributed by atoms with Crippen molar-refractivity contribution >= 4 is 65.9 Å². The number of pyridine rings is 1. The van der Waals surface area contributed by atoms with Crippen molar-refractivity contribution in [1.29, 1.82) is 0 Å². The quantitative estimate of drug-likeness (QED) is 0.199. The van der Waals surface area contributed by atoms with E-state index in [0.717, 1.165) is 12.8 Å². The van der Waals surface area contributed by atoms with Crippen LogP contribution in [0.15, 0.2) is 0 Å². The SMILES string of the molecule is C[C@H](O[Si](C)(C)C(C)(C)C)[C@@H]1[C@@H]2CCC(CN1c1nc(Cl)nc3c(F)c(Cl)nc(Cl)c13)N2C(=O)OC(C)(C)C. The number of rotatable bonds is 4. The highest BCUT2D eigenvalue weighted by atomic mass is 35.5. The molecule has 0 aromatic carbocycles. The lowest BCUT2D eigenvalue weighted by molar-refractivity contribution is -0.000167. The summed E-state index contributed by atoms with van der Waals surface area (Å²) in [6, 6.07) is -0.755. The maximum Gasteiger partial charge on any atom is 0.410 e. The Labute approximate surface area is 245 Å². The molecule has 2 fully saturated rings. The lowest BCUT2D eigenvalue weighted by Crippen LogP contribution is -2.66. The van der Waals surface area contributed by atoms with Gasteiger partial charge in [0, 0.05) is 6.54 Å². The van der Waals surface area contributed by atoms with E-state index < -0.39 is 24.9 Å². The van der Waals surface area contributed by atoms with Crippen LogP contribution in [-0.4, -0.2) is 70.6 Å². The Hall–Kier alpha value is -1.46. The molecule has 13 heteroatoms. The summed E-state index contributed by atoms with van der Waals surface area (Å²) in [7, 11) is -2.23. The number of aromatic nitrogens is 3. The van der Waals surface area contributed by atoms with Gasteiger partial charge in [-0.15, -0.1) is 0 Å². The highest BCUT2D eigenvalue weighted by Crippen LogP contribution is 2.44. The Morgan fingerprint density at radius 2 is 1.69 bits per heavy atom. The van der Waals surface area contributed by atoms with Gasteiger partial charge in [0.2, 0.25) is 5.28 Å². The second-order valence-electron chi connectivity index (χ2n) is 13.0. The molecule has 2 aliphatic rings. The molecule has 4 rings (SSSR count). The van der Waals surface area contributed by atoms with E-state index in [1.165, 1.54) is 0 Å². The highest BCUT2D eigenvalue weighted by molar-refractivity contribution is 6.74.